The molecule has 0 saturated carbocycles. The van der Waals surface area contributed by atoms with E-state index in [0.717, 1.165) is 19.0 Å². The molecule has 0 bridgehead atoms. The van der Waals surface area contributed by atoms with Gasteiger partial charge in [-0.15, -0.1) is 0 Å². The highest BCUT2D eigenvalue weighted by Gasteiger charge is 1.94. The fourth-order valence-corrected chi connectivity index (χ4v) is 0.835. The van der Waals surface area contributed by atoms with Crippen molar-refractivity contribution in [2.24, 2.45) is 5.73 Å². The highest BCUT2D eigenvalue weighted by Crippen LogP contribution is 2.03. The van der Waals surface area contributed by atoms with Crippen LogP contribution in [0.2, 0.25) is 0 Å². The molecule has 0 spiro atoms. The van der Waals surface area contributed by atoms with Crippen molar-refractivity contribution >= 4 is 6.29 Å². The molecule has 0 saturated heterocycles. The second-order valence-corrected chi connectivity index (χ2v) is 2.02. The first-order valence-electron chi connectivity index (χ1n) is 3.56. The van der Waals surface area contributed by atoms with E-state index in [1.165, 1.54) is 0 Å². The van der Waals surface area contributed by atoms with Gasteiger partial charge in [0.05, 0.1) is 0 Å². The van der Waals surface area contributed by atoms with Crippen LogP contribution in [0.1, 0.15) is 15.9 Å². The van der Waals surface area contributed by atoms with Crippen molar-refractivity contribution in [2.45, 2.75) is 6.54 Å². The van der Waals surface area contributed by atoms with E-state index in [0.29, 0.717) is 12.1 Å². The molecule has 0 aliphatic heterocycles. The summed E-state index contributed by atoms with van der Waals surface area (Å²) in [5.41, 5.74) is 6.95. The van der Waals surface area contributed by atoms with E-state index in [2.05, 4.69) is 0 Å². The molecule has 12 heavy (non-hydrogen) atoms. The summed E-state index contributed by atoms with van der Waals surface area (Å²) in [4.78, 5) is 10.3. The number of hydrogen-bond donors (Lipinski definition) is 2. The van der Waals surface area contributed by atoms with Crippen molar-refractivity contribution in [1.82, 2.24) is 0 Å². The lowest BCUT2D eigenvalue weighted by Crippen LogP contribution is -1.99. The summed E-state index contributed by atoms with van der Waals surface area (Å²) in [5.74, 6) is 0. The maximum Gasteiger partial charge on any atom is 0.150 e. The van der Waals surface area contributed by atoms with Gasteiger partial charge in [0.25, 0.3) is 0 Å². The molecule has 1 rings (SSSR count). The Morgan fingerprint density at radius 3 is 2.42 bits per heavy atom. The Kier molecular flexibility index (Phi) is 5.87. The third kappa shape index (κ3) is 2.82. The Hall–Kier alpha value is -1.19. The van der Waals surface area contributed by atoms with Crippen molar-refractivity contribution in [3.63, 3.8) is 0 Å². The molecule has 3 nitrogen and oxygen atoms in total. The molecule has 1 aromatic rings. The molecule has 0 aliphatic carbocycles. The lowest BCUT2D eigenvalue weighted by atomic mass is 10.1. The van der Waals surface area contributed by atoms with Gasteiger partial charge in [0.1, 0.15) is 6.29 Å². The van der Waals surface area contributed by atoms with Crippen LogP contribution in [-0.2, 0) is 6.54 Å². The monoisotopic (exact) mass is 167 g/mol. The number of aliphatic hydroxyl groups excluding tert-OH is 1. The highest BCUT2D eigenvalue weighted by molar-refractivity contribution is 5.77. The number of carbonyl (C=O) groups excluding carboxylic acids is 1. The number of benzene rings is 1. The molecular formula is C9H13NO2. The van der Waals surface area contributed by atoms with Gasteiger partial charge in [-0.3, -0.25) is 4.79 Å². The topological polar surface area (TPSA) is 63.3 Å². The Labute approximate surface area is 71.8 Å². The van der Waals surface area contributed by atoms with E-state index in [1.807, 2.05) is 18.2 Å². The molecule has 1 aromatic carbocycles. The largest absolute Gasteiger partial charge is 0.400 e. The number of aldehydes is 1. The Bertz CT molecular complexity index is 236. The zero-order valence-electron chi connectivity index (χ0n) is 7.03. The molecule has 0 fully saturated rings. The van der Waals surface area contributed by atoms with Crippen LogP contribution < -0.4 is 5.73 Å². The van der Waals surface area contributed by atoms with E-state index >= 15 is 0 Å². The number of aliphatic hydroxyl groups is 1. The summed E-state index contributed by atoms with van der Waals surface area (Å²) in [6.07, 6.45) is 0.822. The van der Waals surface area contributed by atoms with Crippen LogP contribution in [-0.4, -0.2) is 18.5 Å². The van der Waals surface area contributed by atoms with Crippen molar-refractivity contribution in [3.05, 3.63) is 35.4 Å². The van der Waals surface area contributed by atoms with Crippen molar-refractivity contribution in [2.75, 3.05) is 7.11 Å². The lowest BCUT2D eigenvalue weighted by molar-refractivity contribution is 0.112. The molecule has 0 aliphatic rings. The van der Waals surface area contributed by atoms with Crippen LogP contribution >= 0.6 is 0 Å². The molecule has 0 atom stereocenters. The van der Waals surface area contributed by atoms with Crippen LogP contribution in [0.4, 0.5) is 0 Å². The molecule has 0 unspecified atom stereocenters. The number of nitrogens with two attached hydrogens (primary N) is 1. The summed E-state index contributed by atoms with van der Waals surface area (Å²) < 4.78 is 0. The summed E-state index contributed by atoms with van der Waals surface area (Å²) in [5, 5.41) is 7.00. The summed E-state index contributed by atoms with van der Waals surface area (Å²) in [6, 6.07) is 7.30. The van der Waals surface area contributed by atoms with Crippen molar-refractivity contribution in [1.29, 1.82) is 0 Å². The molecule has 0 aromatic heterocycles. The number of rotatable bonds is 2. The highest BCUT2D eigenvalue weighted by atomic mass is 16.2. The zero-order valence-corrected chi connectivity index (χ0v) is 7.03. The summed E-state index contributed by atoms with van der Waals surface area (Å²) in [6.45, 7) is 0.426. The molecule has 0 heterocycles. The SMILES string of the molecule is CO.NCc1ccccc1C=O. The quantitative estimate of drug-likeness (QED) is 0.633. The lowest BCUT2D eigenvalue weighted by Gasteiger charge is -1.97. The standard InChI is InChI=1S/C8H9NO.CH4O/c9-5-7-3-1-2-4-8(7)6-10;1-2/h1-4,6H,5,9H2;2H,1H3. The van der Waals surface area contributed by atoms with Gasteiger partial charge >= 0.3 is 0 Å². The van der Waals surface area contributed by atoms with Gasteiger partial charge in [-0.2, -0.15) is 0 Å². The Morgan fingerprint density at radius 2 is 2.00 bits per heavy atom. The van der Waals surface area contributed by atoms with Gasteiger partial charge in [-0.05, 0) is 5.56 Å². The molecule has 3 N–H and O–H groups in total. The van der Waals surface area contributed by atoms with Crippen LogP contribution in [0.3, 0.4) is 0 Å². The average Bonchev–Trinajstić information content (AvgIpc) is 2.20. The van der Waals surface area contributed by atoms with Crippen LogP contribution in [0, 0.1) is 0 Å². The normalized spacial score (nSPS) is 8.25. The van der Waals surface area contributed by atoms with Crippen molar-refractivity contribution < 1.29 is 9.90 Å². The predicted molar refractivity (Wildman–Crippen MR) is 47.9 cm³/mol. The smallest absolute Gasteiger partial charge is 0.150 e. The van der Waals surface area contributed by atoms with Crippen LogP contribution in [0.25, 0.3) is 0 Å². The first-order chi connectivity index (χ1) is 5.88. The Morgan fingerprint density at radius 1 is 1.42 bits per heavy atom. The first-order valence-corrected chi connectivity index (χ1v) is 3.56. The van der Waals surface area contributed by atoms with E-state index < -0.39 is 0 Å². The number of hydrogen-bond acceptors (Lipinski definition) is 3. The van der Waals surface area contributed by atoms with E-state index in [-0.39, 0.29) is 0 Å². The van der Waals surface area contributed by atoms with Crippen molar-refractivity contribution in [3.8, 4) is 0 Å². The Balaban J connectivity index is 0.000000561. The zero-order chi connectivity index (χ0) is 9.40. The second-order valence-electron chi connectivity index (χ2n) is 2.02. The summed E-state index contributed by atoms with van der Waals surface area (Å²) in [7, 11) is 1.00. The van der Waals surface area contributed by atoms with Gasteiger partial charge < -0.3 is 10.8 Å². The van der Waals surface area contributed by atoms with E-state index in [1.54, 1.807) is 6.07 Å². The third-order valence-electron chi connectivity index (χ3n) is 1.40. The molecule has 0 radical (unpaired) electrons. The first kappa shape index (κ1) is 10.8. The minimum Gasteiger partial charge on any atom is -0.400 e. The predicted octanol–water partition coefficient (Wildman–Crippen LogP) is 0.566. The molecule has 66 valence electrons. The van der Waals surface area contributed by atoms with Gasteiger partial charge in [0.2, 0.25) is 0 Å². The minimum atomic E-state index is 0.426. The van der Waals surface area contributed by atoms with Gasteiger partial charge in [0.15, 0.2) is 0 Å². The van der Waals surface area contributed by atoms with Crippen LogP contribution in [0.15, 0.2) is 24.3 Å². The van der Waals surface area contributed by atoms with Gasteiger partial charge in [-0.1, -0.05) is 24.3 Å². The minimum absolute atomic E-state index is 0.426. The fourth-order valence-electron chi connectivity index (χ4n) is 0.835. The molecule has 0 amide bonds. The van der Waals surface area contributed by atoms with E-state index in [9.17, 15) is 4.79 Å². The molecule has 3 heteroatoms. The van der Waals surface area contributed by atoms with Crippen LogP contribution in [0.5, 0.6) is 0 Å². The molecular weight excluding hydrogens is 154 g/mol. The van der Waals surface area contributed by atoms with Gasteiger partial charge in [0, 0.05) is 19.2 Å². The maximum atomic E-state index is 10.3. The number of carbonyl (C=O) groups is 1. The van der Waals surface area contributed by atoms with Gasteiger partial charge in [-0.25, -0.2) is 0 Å². The second kappa shape index (κ2) is 6.52. The maximum absolute atomic E-state index is 10.3. The average molecular weight is 167 g/mol. The summed E-state index contributed by atoms with van der Waals surface area (Å²) >= 11 is 0. The fraction of sp³-hybridized carbons (Fsp3) is 0.222. The third-order valence-corrected chi connectivity index (χ3v) is 1.40. The van der Waals surface area contributed by atoms with E-state index in [4.69, 9.17) is 10.8 Å².